The van der Waals surface area contributed by atoms with E-state index in [-0.39, 0.29) is 25.7 Å². The van der Waals surface area contributed by atoms with E-state index in [1.54, 1.807) is 0 Å². The Morgan fingerprint density at radius 1 is 0.264 bits per heavy atom. The average Bonchev–Trinajstić information content (AvgIpc) is 0.910. The second-order valence-electron chi connectivity index (χ2n) is 27.0. The molecule has 0 aromatic carbocycles. The molecule has 0 radical (unpaired) electrons. The number of unbranched alkanes of at least 4 members (excludes halogenated alkanes) is 18. The number of hydrogen-bond acceptors (Lipinski definition) is 15. The Balaban J connectivity index is 5.55. The first kappa shape index (κ1) is 104. The summed E-state index contributed by atoms with van der Waals surface area (Å²) in [4.78, 5) is 73.1. The molecule has 0 aliphatic heterocycles. The lowest BCUT2D eigenvalue weighted by molar-refractivity contribution is -0.161. The van der Waals surface area contributed by atoms with Crippen LogP contribution < -0.4 is 0 Å². The molecular formula is C91H146O17P2. The van der Waals surface area contributed by atoms with E-state index in [0.717, 1.165) is 141 Å². The van der Waals surface area contributed by atoms with Crippen LogP contribution in [0.15, 0.2) is 194 Å². The molecule has 5 atom stereocenters. The fraction of sp³-hybridized carbons (Fsp3) is 0.604. The summed E-state index contributed by atoms with van der Waals surface area (Å²) in [6, 6.07) is 0. The number of aliphatic hydroxyl groups excluding tert-OH is 1. The zero-order valence-electron chi connectivity index (χ0n) is 68.1. The van der Waals surface area contributed by atoms with Gasteiger partial charge < -0.3 is 33.8 Å². The Kier molecular flexibility index (Phi) is 76.4. The molecule has 2 unspecified atom stereocenters. The number of phosphoric ester groups is 2. The van der Waals surface area contributed by atoms with Gasteiger partial charge in [-0.2, -0.15) is 0 Å². The van der Waals surface area contributed by atoms with Crippen molar-refractivity contribution in [2.24, 2.45) is 0 Å². The number of carbonyl (C=O) groups is 4. The fourth-order valence-electron chi connectivity index (χ4n) is 10.2. The maximum absolute atomic E-state index is 13.1. The quantitative estimate of drug-likeness (QED) is 0.0169. The fourth-order valence-corrected chi connectivity index (χ4v) is 11.8. The normalized spacial score (nSPS) is 14.8. The minimum atomic E-state index is -5.02. The van der Waals surface area contributed by atoms with Crippen LogP contribution in [-0.4, -0.2) is 96.7 Å². The summed E-state index contributed by atoms with van der Waals surface area (Å²) < 4.78 is 68.5. The Hall–Kier alpha value is -6.10. The lowest BCUT2D eigenvalue weighted by Crippen LogP contribution is -2.30. The van der Waals surface area contributed by atoms with Gasteiger partial charge in [0.2, 0.25) is 0 Å². The van der Waals surface area contributed by atoms with Gasteiger partial charge in [0.1, 0.15) is 19.3 Å². The zero-order chi connectivity index (χ0) is 80.3. The first-order valence-corrected chi connectivity index (χ1v) is 44.7. The van der Waals surface area contributed by atoms with Crippen LogP contribution in [0.3, 0.4) is 0 Å². The molecule has 0 fully saturated rings. The van der Waals surface area contributed by atoms with E-state index in [0.29, 0.717) is 38.5 Å². The van der Waals surface area contributed by atoms with Crippen LogP contribution in [0.2, 0.25) is 0 Å². The van der Waals surface area contributed by atoms with E-state index in [1.165, 1.54) is 64.2 Å². The van der Waals surface area contributed by atoms with Gasteiger partial charge in [0.05, 0.1) is 26.4 Å². The molecule has 0 amide bonds. The summed E-state index contributed by atoms with van der Waals surface area (Å²) in [6.45, 7) is 4.45. The molecule has 0 bridgehead atoms. The van der Waals surface area contributed by atoms with Gasteiger partial charge in [0.15, 0.2) is 12.2 Å². The Bertz CT molecular complexity index is 2850. The highest BCUT2D eigenvalue weighted by molar-refractivity contribution is 7.47. The summed E-state index contributed by atoms with van der Waals surface area (Å²) in [6.07, 6.45) is 100. The predicted octanol–water partition coefficient (Wildman–Crippen LogP) is 24.9. The van der Waals surface area contributed by atoms with E-state index in [1.807, 2.05) is 36.5 Å². The van der Waals surface area contributed by atoms with Crippen molar-refractivity contribution >= 4 is 39.5 Å². The van der Waals surface area contributed by atoms with Gasteiger partial charge in [-0.3, -0.25) is 37.3 Å². The standard InChI is InChI=1S/C91H146O17P2/c1-5-9-13-17-21-25-29-33-36-39-42-45-48-52-55-59-63-67-71-75-88(93)101-81-86(107-90(95)77-73-69-65-61-57-51-32-28-24-20-16-12-8-4)83-105-109(97,98)103-79-85(92)80-104-110(99,100)106-84-87(108-91(96)78-74-70-66-62-58-54-50-47-44-41-38-35-31-27-23-19-15-11-7-3)82-102-89(94)76-72-68-64-60-56-53-49-46-43-40-37-34-30-26-22-18-14-10-6-2/h11,15,21-23,25-28,32-38,42-47,52-56,58,63-64,67-68,85-87,92H,5-10,12-14,16-20,24,29-31,39-41,48-51,57,59-62,65-66,69-84H2,1-4H3,(H,97,98)(H,99,100)/b15-11-,25-21-,26-22-,27-23-,32-28-,36-33-,37-34-,38-35-,45-42-,46-43-,47-44-,55-52-,56-53-,58-54-,67-63-,68-64-/t85-,86+,87+/m0/s1. The van der Waals surface area contributed by atoms with Gasteiger partial charge in [-0.1, -0.05) is 293 Å². The maximum Gasteiger partial charge on any atom is 0.472 e. The highest BCUT2D eigenvalue weighted by Gasteiger charge is 2.30. The summed E-state index contributed by atoms with van der Waals surface area (Å²) >= 11 is 0. The number of hydrogen-bond donors (Lipinski definition) is 3. The SMILES string of the molecule is CC/C=C\C/C=C\C/C=C\C/C=C\C/C=C\CCCCCC(=O)O[C@H](COC(=O)CC/C=C\C/C=C\C/C=C\C/C=C\C/C=C\CCCCC)COP(=O)(O)OC[C@@H](O)COP(=O)(O)OC[C@@H](COC(=O)CC/C=C\C/C=C\C/C=C\C/C=C\C/C=C\CCCCC)OC(=O)CCCCCCC/C=C\CCCCCC. The molecule has 19 heteroatoms. The third-order valence-corrected chi connectivity index (χ3v) is 18.4. The molecule has 0 rings (SSSR count). The summed E-state index contributed by atoms with van der Waals surface area (Å²) in [7, 11) is -10.0. The molecule has 0 heterocycles. The molecule has 0 aromatic rings. The Labute approximate surface area is 666 Å². The lowest BCUT2D eigenvalue weighted by Gasteiger charge is -2.21. The van der Waals surface area contributed by atoms with Gasteiger partial charge >= 0.3 is 39.5 Å². The molecule has 0 spiro atoms. The van der Waals surface area contributed by atoms with Crippen molar-refractivity contribution in [1.29, 1.82) is 0 Å². The van der Waals surface area contributed by atoms with E-state index >= 15 is 0 Å². The number of allylic oxidation sites excluding steroid dienone is 32. The van der Waals surface area contributed by atoms with Gasteiger partial charge in [0, 0.05) is 25.7 Å². The van der Waals surface area contributed by atoms with Crippen molar-refractivity contribution in [1.82, 2.24) is 0 Å². The highest BCUT2D eigenvalue weighted by Crippen LogP contribution is 2.45. The minimum Gasteiger partial charge on any atom is -0.462 e. The summed E-state index contributed by atoms with van der Waals surface area (Å²) in [5.41, 5.74) is 0. The van der Waals surface area contributed by atoms with Crippen molar-refractivity contribution in [2.45, 2.75) is 316 Å². The second-order valence-corrected chi connectivity index (χ2v) is 29.9. The van der Waals surface area contributed by atoms with E-state index < -0.39 is 97.5 Å². The molecular weight excluding hydrogens is 1430 g/mol. The van der Waals surface area contributed by atoms with Crippen LogP contribution >= 0.6 is 15.6 Å². The number of carbonyl (C=O) groups excluding carboxylic acids is 4. The van der Waals surface area contributed by atoms with Gasteiger partial charge in [-0.25, -0.2) is 9.13 Å². The van der Waals surface area contributed by atoms with E-state index in [4.69, 9.17) is 37.0 Å². The van der Waals surface area contributed by atoms with Crippen molar-refractivity contribution in [3.05, 3.63) is 194 Å². The molecule has 17 nitrogen and oxygen atoms in total. The highest BCUT2D eigenvalue weighted by atomic mass is 31.2. The van der Waals surface area contributed by atoms with Crippen LogP contribution in [0.5, 0.6) is 0 Å². The van der Waals surface area contributed by atoms with Crippen LogP contribution in [0.1, 0.15) is 297 Å². The Morgan fingerprint density at radius 3 is 0.800 bits per heavy atom. The largest absolute Gasteiger partial charge is 0.472 e. The van der Waals surface area contributed by atoms with Crippen LogP contribution in [0.4, 0.5) is 0 Å². The predicted molar refractivity (Wildman–Crippen MR) is 454 cm³/mol. The number of ether oxygens (including phenoxy) is 4. The van der Waals surface area contributed by atoms with Crippen molar-refractivity contribution < 1.29 is 80.2 Å². The third-order valence-electron chi connectivity index (χ3n) is 16.5. The molecule has 0 saturated heterocycles. The number of esters is 4. The number of phosphoric acid groups is 2. The molecule has 0 saturated carbocycles. The smallest absolute Gasteiger partial charge is 0.462 e. The van der Waals surface area contributed by atoms with Crippen molar-refractivity contribution in [2.75, 3.05) is 39.6 Å². The van der Waals surface area contributed by atoms with Crippen LogP contribution in [0.25, 0.3) is 0 Å². The van der Waals surface area contributed by atoms with Crippen molar-refractivity contribution in [3.8, 4) is 0 Å². The number of aliphatic hydroxyl groups is 1. The molecule has 110 heavy (non-hydrogen) atoms. The molecule has 622 valence electrons. The van der Waals surface area contributed by atoms with Gasteiger partial charge in [-0.15, -0.1) is 0 Å². The summed E-state index contributed by atoms with van der Waals surface area (Å²) in [5.74, 6) is -2.43. The molecule has 0 aromatic heterocycles. The average molecular weight is 1570 g/mol. The molecule has 0 aliphatic carbocycles. The first-order valence-electron chi connectivity index (χ1n) is 41.7. The second kappa shape index (κ2) is 80.9. The monoisotopic (exact) mass is 1570 g/mol. The maximum atomic E-state index is 13.1. The molecule has 0 aliphatic rings. The molecule has 3 N–H and O–H groups in total. The zero-order valence-corrected chi connectivity index (χ0v) is 69.9. The van der Waals surface area contributed by atoms with E-state index in [2.05, 4.69) is 186 Å². The van der Waals surface area contributed by atoms with Gasteiger partial charge in [-0.05, 0) is 173 Å². The minimum absolute atomic E-state index is 0.0209. The first-order chi connectivity index (χ1) is 53.7. The van der Waals surface area contributed by atoms with Crippen LogP contribution in [0, 0.1) is 0 Å². The van der Waals surface area contributed by atoms with E-state index in [9.17, 15) is 43.2 Å². The topological polar surface area (TPSA) is 237 Å². The lowest BCUT2D eigenvalue weighted by atomic mass is 10.1. The van der Waals surface area contributed by atoms with Crippen LogP contribution in [-0.2, 0) is 65.4 Å². The summed E-state index contributed by atoms with van der Waals surface area (Å²) in [5, 5.41) is 10.7. The third kappa shape index (κ3) is 80.0. The number of rotatable bonds is 76. The van der Waals surface area contributed by atoms with Crippen molar-refractivity contribution in [3.63, 3.8) is 0 Å². The Morgan fingerprint density at radius 2 is 0.491 bits per heavy atom. The van der Waals surface area contributed by atoms with Gasteiger partial charge in [0.25, 0.3) is 0 Å².